The van der Waals surface area contributed by atoms with E-state index in [4.69, 9.17) is 0 Å². The number of nitrogens with zero attached hydrogens (tertiary/aromatic N) is 1. The molecule has 0 aromatic heterocycles. The van der Waals surface area contributed by atoms with Gasteiger partial charge >= 0.3 is 0 Å². The van der Waals surface area contributed by atoms with Crippen LogP contribution in [0, 0.1) is 16.0 Å². The van der Waals surface area contributed by atoms with E-state index in [1.807, 2.05) is 6.07 Å². The van der Waals surface area contributed by atoms with E-state index < -0.39 is 0 Å². The highest BCUT2D eigenvalue weighted by Gasteiger charge is 2.14. The Kier molecular flexibility index (Phi) is 5.21. The molecule has 0 radical (unpaired) electrons. The summed E-state index contributed by atoms with van der Waals surface area (Å²) in [5.74, 6) is 0.898. The number of hydrogen-bond acceptors (Lipinski definition) is 4. The lowest BCUT2D eigenvalue weighted by Gasteiger charge is -2.11. The van der Waals surface area contributed by atoms with Crippen LogP contribution in [0.1, 0.15) is 38.5 Å². The minimum Gasteiger partial charge on any atom is -0.388 e. The monoisotopic (exact) mass is 277 g/mol. The van der Waals surface area contributed by atoms with E-state index in [0.29, 0.717) is 0 Å². The van der Waals surface area contributed by atoms with Gasteiger partial charge in [0.15, 0.2) is 0 Å². The predicted octanol–water partition coefficient (Wildman–Crippen LogP) is 4.02. The first-order valence-corrected chi connectivity index (χ1v) is 7.40. The molecular weight excluding hydrogens is 254 g/mol. The van der Waals surface area contributed by atoms with Crippen LogP contribution in [0.2, 0.25) is 0 Å². The van der Waals surface area contributed by atoms with Gasteiger partial charge in [-0.1, -0.05) is 25.7 Å². The molecule has 0 bridgehead atoms. The van der Waals surface area contributed by atoms with Crippen LogP contribution in [0.15, 0.2) is 18.2 Å². The molecule has 0 atom stereocenters. The van der Waals surface area contributed by atoms with E-state index in [1.165, 1.54) is 32.1 Å². The van der Waals surface area contributed by atoms with Crippen LogP contribution >= 0.6 is 0 Å². The first kappa shape index (κ1) is 14.6. The summed E-state index contributed by atoms with van der Waals surface area (Å²) in [5.41, 5.74) is 1.70. The van der Waals surface area contributed by atoms with Gasteiger partial charge in [0.05, 0.1) is 4.92 Å². The summed E-state index contributed by atoms with van der Waals surface area (Å²) in [5, 5.41) is 17.1. The van der Waals surface area contributed by atoms with Gasteiger partial charge in [0.25, 0.3) is 5.69 Å². The largest absolute Gasteiger partial charge is 0.388 e. The van der Waals surface area contributed by atoms with Crippen molar-refractivity contribution in [1.82, 2.24) is 0 Å². The lowest BCUT2D eigenvalue weighted by atomic mass is 10.0. The Labute approximate surface area is 119 Å². The maximum Gasteiger partial charge on any atom is 0.273 e. The molecule has 1 aromatic rings. The molecule has 0 unspecified atom stereocenters. The lowest BCUT2D eigenvalue weighted by Crippen LogP contribution is -2.05. The molecule has 20 heavy (non-hydrogen) atoms. The Morgan fingerprint density at radius 1 is 1.25 bits per heavy atom. The summed E-state index contributed by atoms with van der Waals surface area (Å²) in [6.07, 6.45) is 7.91. The number of nitrogens with one attached hydrogen (secondary N) is 2. The molecule has 1 fully saturated rings. The SMILES string of the molecule is CNc1cc(NCCCC2CCCC2)cc([N+](=O)[O-])c1. The van der Waals surface area contributed by atoms with Crippen LogP contribution in [0.4, 0.5) is 17.1 Å². The molecule has 1 saturated carbocycles. The minimum absolute atomic E-state index is 0.121. The third-order valence-electron chi connectivity index (χ3n) is 4.01. The molecule has 0 aliphatic heterocycles. The topological polar surface area (TPSA) is 67.2 Å². The highest BCUT2D eigenvalue weighted by atomic mass is 16.6. The van der Waals surface area contributed by atoms with Crippen molar-refractivity contribution in [2.45, 2.75) is 38.5 Å². The molecule has 1 aromatic carbocycles. The fourth-order valence-corrected chi connectivity index (χ4v) is 2.89. The number of benzene rings is 1. The van der Waals surface area contributed by atoms with Gasteiger partial charge in [-0.15, -0.1) is 0 Å². The average Bonchev–Trinajstić information content (AvgIpc) is 2.96. The van der Waals surface area contributed by atoms with E-state index >= 15 is 0 Å². The number of non-ortho nitro benzene ring substituents is 1. The van der Waals surface area contributed by atoms with Crippen molar-refractivity contribution < 1.29 is 4.92 Å². The number of nitro groups is 1. The van der Waals surface area contributed by atoms with Crippen LogP contribution < -0.4 is 10.6 Å². The van der Waals surface area contributed by atoms with Crippen LogP contribution in [0.3, 0.4) is 0 Å². The summed E-state index contributed by atoms with van der Waals surface area (Å²) in [6.45, 7) is 0.876. The number of anilines is 2. The number of nitro benzene ring substituents is 1. The maximum atomic E-state index is 10.9. The lowest BCUT2D eigenvalue weighted by molar-refractivity contribution is -0.384. The van der Waals surface area contributed by atoms with E-state index in [1.54, 1.807) is 19.2 Å². The molecule has 2 N–H and O–H groups in total. The quantitative estimate of drug-likeness (QED) is 0.449. The van der Waals surface area contributed by atoms with Crippen molar-refractivity contribution >= 4 is 17.1 Å². The van der Waals surface area contributed by atoms with E-state index in [-0.39, 0.29) is 10.6 Å². The molecule has 1 aliphatic rings. The third kappa shape index (κ3) is 4.11. The van der Waals surface area contributed by atoms with Crippen LogP contribution in [-0.2, 0) is 0 Å². The Balaban J connectivity index is 1.84. The van der Waals surface area contributed by atoms with Crippen molar-refractivity contribution in [3.05, 3.63) is 28.3 Å². The van der Waals surface area contributed by atoms with E-state index in [9.17, 15) is 10.1 Å². The standard InChI is InChI=1S/C15H23N3O2/c1-16-13-9-14(11-15(10-13)18(19)20)17-8-4-7-12-5-2-3-6-12/h9-12,16-17H,2-8H2,1H3. The van der Waals surface area contributed by atoms with E-state index in [0.717, 1.165) is 30.3 Å². The Hall–Kier alpha value is -1.78. The first-order chi connectivity index (χ1) is 9.69. The zero-order chi connectivity index (χ0) is 14.4. The zero-order valence-corrected chi connectivity index (χ0v) is 12.0. The average molecular weight is 277 g/mol. The molecule has 5 heteroatoms. The summed E-state index contributed by atoms with van der Waals surface area (Å²) in [6, 6.07) is 5.04. The molecular formula is C15H23N3O2. The molecule has 0 amide bonds. The highest BCUT2D eigenvalue weighted by molar-refractivity contribution is 5.63. The summed E-state index contributed by atoms with van der Waals surface area (Å²) in [4.78, 5) is 10.5. The molecule has 5 nitrogen and oxygen atoms in total. The second-order valence-corrected chi connectivity index (χ2v) is 5.50. The van der Waals surface area contributed by atoms with Crippen molar-refractivity contribution in [3.8, 4) is 0 Å². The van der Waals surface area contributed by atoms with Gasteiger partial charge < -0.3 is 10.6 Å². The van der Waals surface area contributed by atoms with Crippen LogP contribution in [-0.4, -0.2) is 18.5 Å². The summed E-state index contributed by atoms with van der Waals surface area (Å²) < 4.78 is 0. The second-order valence-electron chi connectivity index (χ2n) is 5.50. The fraction of sp³-hybridized carbons (Fsp3) is 0.600. The van der Waals surface area contributed by atoms with Gasteiger partial charge in [-0.2, -0.15) is 0 Å². The Morgan fingerprint density at radius 2 is 1.95 bits per heavy atom. The van der Waals surface area contributed by atoms with Gasteiger partial charge in [-0.05, 0) is 24.8 Å². The van der Waals surface area contributed by atoms with E-state index in [2.05, 4.69) is 10.6 Å². The van der Waals surface area contributed by atoms with Crippen LogP contribution in [0.5, 0.6) is 0 Å². The highest BCUT2D eigenvalue weighted by Crippen LogP contribution is 2.29. The Morgan fingerprint density at radius 3 is 2.60 bits per heavy atom. The summed E-state index contributed by atoms with van der Waals surface area (Å²) >= 11 is 0. The van der Waals surface area contributed by atoms with Crippen molar-refractivity contribution in [1.29, 1.82) is 0 Å². The molecule has 110 valence electrons. The van der Waals surface area contributed by atoms with Crippen molar-refractivity contribution in [3.63, 3.8) is 0 Å². The fourth-order valence-electron chi connectivity index (χ4n) is 2.89. The number of hydrogen-bond donors (Lipinski definition) is 2. The second kappa shape index (κ2) is 7.12. The van der Waals surface area contributed by atoms with Gasteiger partial charge in [-0.25, -0.2) is 0 Å². The molecule has 1 aliphatic carbocycles. The third-order valence-corrected chi connectivity index (χ3v) is 4.01. The molecule has 0 saturated heterocycles. The molecule has 0 spiro atoms. The van der Waals surface area contributed by atoms with Crippen molar-refractivity contribution in [2.75, 3.05) is 24.2 Å². The smallest absolute Gasteiger partial charge is 0.273 e. The predicted molar refractivity (Wildman–Crippen MR) is 82.3 cm³/mol. The van der Waals surface area contributed by atoms with Gasteiger partial charge in [0.2, 0.25) is 0 Å². The maximum absolute atomic E-state index is 10.9. The molecule has 0 heterocycles. The minimum atomic E-state index is -0.357. The summed E-state index contributed by atoms with van der Waals surface area (Å²) in [7, 11) is 1.77. The van der Waals surface area contributed by atoms with Gasteiger partial charge in [-0.3, -0.25) is 10.1 Å². The van der Waals surface area contributed by atoms with Crippen LogP contribution in [0.25, 0.3) is 0 Å². The Bertz CT molecular complexity index is 456. The number of rotatable bonds is 7. The molecule has 2 rings (SSSR count). The first-order valence-electron chi connectivity index (χ1n) is 7.40. The normalized spacial score (nSPS) is 15.2. The zero-order valence-electron chi connectivity index (χ0n) is 12.0. The van der Waals surface area contributed by atoms with Crippen molar-refractivity contribution in [2.24, 2.45) is 5.92 Å². The van der Waals surface area contributed by atoms with Gasteiger partial charge in [0.1, 0.15) is 0 Å². The van der Waals surface area contributed by atoms with Gasteiger partial charge in [0, 0.05) is 37.1 Å².